The van der Waals surface area contributed by atoms with Crippen molar-refractivity contribution in [2.75, 3.05) is 24.5 Å². The lowest BCUT2D eigenvalue weighted by molar-refractivity contribution is 0.497. The van der Waals surface area contributed by atoms with Crippen LogP contribution in [0.4, 0.5) is 5.82 Å². The molecule has 1 aromatic carbocycles. The predicted octanol–water partition coefficient (Wildman–Crippen LogP) is 3.09. The molecule has 6 heteroatoms. The highest BCUT2D eigenvalue weighted by Gasteiger charge is 2.23. The average molecular weight is 431 g/mol. The number of nitrogens with one attached hydrogen (secondary N) is 1. The predicted molar refractivity (Wildman–Crippen MR) is 105 cm³/mol. The lowest BCUT2D eigenvalue weighted by atomic mass is 10.1. The number of aromatic nitrogens is 3. The smallest absolute Gasteiger partial charge is 0.159 e. The van der Waals surface area contributed by atoms with E-state index in [2.05, 4.69) is 73.1 Å². The summed E-state index contributed by atoms with van der Waals surface area (Å²) in [5.74, 6) is 0.957. The number of anilines is 1. The molecule has 3 heterocycles. The largest absolute Gasteiger partial charge is 0.349 e. The lowest BCUT2D eigenvalue weighted by Gasteiger charge is -2.35. The van der Waals surface area contributed by atoms with E-state index >= 15 is 0 Å². The molecule has 1 unspecified atom stereocenters. The highest BCUT2D eigenvalue weighted by molar-refractivity contribution is 14.1. The van der Waals surface area contributed by atoms with Crippen LogP contribution in [-0.4, -0.2) is 40.9 Å². The van der Waals surface area contributed by atoms with E-state index < -0.39 is 0 Å². The number of halogens is 1. The number of benzene rings is 1. The molecule has 0 saturated carbocycles. The summed E-state index contributed by atoms with van der Waals surface area (Å²) in [6.45, 7) is 5.09. The van der Waals surface area contributed by atoms with E-state index in [4.69, 9.17) is 0 Å². The Morgan fingerprint density at radius 2 is 2.00 bits per heavy atom. The summed E-state index contributed by atoms with van der Waals surface area (Å²) in [5.41, 5.74) is 1.97. The fraction of sp³-hybridized carbons (Fsp3) is 0.278. The maximum Gasteiger partial charge on any atom is 0.159 e. The highest BCUT2D eigenvalue weighted by atomic mass is 127. The Labute approximate surface area is 154 Å². The first-order chi connectivity index (χ1) is 11.8. The minimum Gasteiger partial charge on any atom is -0.349 e. The first kappa shape index (κ1) is 15.7. The first-order valence-electron chi connectivity index (χ1n) is 8.09. The minimum absolute atomic E-state index is 0.393. The van der Waals surface area contributed by atoms with Crippen molar-refractivity contribution in [3.63, 3.8) is 0 Å². The van der Waals surface area contributed by atoms with Crippen molar-refractivity contribution in [2.45, 2.75) is 13.0 Å². The van der Waals surface area contributed by atoms with Gasteiger partial charge in [-0.25, -0.2) is 4.98 Å². The van der Waals surface area contributed by atoms with Crippen LogP contribution in [0.25, 0.3) is 22.0 Å². The molecule has 1 atom stereocenters. The van der Waals surface area contributed by atoms with E-state index in [0.29, 0.717) is 6.04 Å². The average Bonchev–Trinajstić information content (AvgIpc) is 2.63. The van der Waals surface area contributed by atoms with Crippen LogP contribution in [-0.2, 0) is 0 Å². The highest BCUT2D eigenvalue weighted by Crippen LogP contribution is 2.34. The minimum atomic E-state index is 0.393. The maximum atomic E-state index is 4.62. The molecule has 0 amide bonds. The van der Waals surface area contributed by atoms with E-state index in [1.165, 1.54) is 0 Å². The third-order valence-corrected chi connectivity index (χ3v) is 5.27. The van der Waals surface area contributed by atoms with Crippen LogP contribution in [0.2, 0.25) is 0 Å². The summed E-state index contributed by atoms with van der Waals surface area (Å²) in [6.07, 6.45) is 1.86. The van der Waals surface area contributed by atoms with Crippen molar-refractivity contribution in [3.05, 3.63) is 46.3 Å². The second-order valence-corrected chi connectivity index (χ2v) is 7.03. The number of fused-ring (bicyclic) bond motifs is 1. The summed E-state index contributed by atoms with van der Waals surface area (Å²) < 4.78 is 0.961. The van der Waals surface area contributed by atoms with Gasteiger partial charge < -0.3 is 10.2 Å². The van der Waals surface area contributed by atoms with Crippen LogP contribution in [0.1, 0.15) is 6.92 Å². The molecule has 5 nitrogen and oxygen atoms in total. The van der Waals surface area contributed by atoms with Gasteiger partial charge in [0.05, 0.1) is 0 Å². The summed E-state index contributed by atoms with van der Waals surface area (Å²) in [5, 5.41) is 14.8. The topological polar surface area (TPSA) is 53.9 Å². The van der Waals surface area contributed by atoms with Gasteiger partial charge in [-0.1, -0.05) is 30.3 Å². The van der Waals surface area contributed by atoms with Crippen LogP contribution in [0.5, 0.6) is 0 Å². The van der Waals surface area contributed by atoms with Gasteiger partial charge in [0.1, 0.15) is 9.39 Å². The molecule has 1 saturated heterocycles. The molecule has 0 aliphatic carbocycles. The van der Waals surface area contributed by atoms with Crippen molar-refractivity contribution in [1.82, 2.24) is 20.5 Å². The Morgan fingerprint density at radius 1 is 1.17 bits per heavy atom. The van der Waals surface area contributed by atoms with Gasteiger partial charge in [0, 0.05) is 48.2 Å². The molecule has 0 spiro atoms. The molecular weight excluding hydrogens is 413 g/mol. The molecule has 1 fully saturated rings. The van der Waals surface area contributed by atoms with Gasteiger partial charge in [-0.15, -0.1) is 10.2 Å². The van der Waals surface area contributed by atoms with Gasteiger partial charge in [0.2, 0.25) is 0 Å². The summed E-state index contributed by atoms with van der Waals surface area (Å²) in [6, 6.07) is 12.7. The zero-order valence-corrected chi connectivity index (χ0v) is 15.6. The van der Waals surface area contributed by atoms with E-state index in [-0.39, 0.29) is 0 Å². The second kappa shape index (κ2) is 6.60. The molecule has 1 aliphatic rings. The van der Waals surface area contributed by atoms with Crippen LogP contribution in [0.3, 0.4) is 0 Å². The van der Waals surface area contributed by atoms with Crippen LogP contribution < -0.4 is 10.2 Å². The fourth-order valence-corrected chi connectivity index (χ4v) is 3.92. The van der Waals surface area contributed by atoms with Crippen molar-refractivity contribution in [1.29, 1.82) is 0 Å². The summed E-state index contributed by atoms with van der Waals surface area (Å²) in [7, 11) is 0. The van der Waals surface area contributed by atoms with Crippen LogP contribution >= 0.6 is 22.6 Å². The quantitative estimate of drug-likeness (QED) is 0.500. The monoisotopic (exact) mass is 431 g/mol. The zero-order chi connectivity index (χ0) is 16.5. The van der Waals surface area contributed by atoms with E-state index in [9.17, 15) is 0 Å². The van der Waals surface area contributed by atoms with Crippen molar-refractivity contribution in [3.8, 4) is 11.3 Å². The Balaban J connectivity index is 1.94. The van der Waals surface area contributed by atoms with Crippen molar-refractivity contribution < 1.29 is 0 Å². The Kier molecular flexibility index (Phi) is 4.32. The number of piperazine rings is 1. The van der Waals surface area contributed by atoms with Gasteiger partial charge in [0.25, 0.3) is 0 Å². The summed E-state index contributed by atoms with van der Waals surface area (Å²) in [4.78, 5) is 6.83. The number of nitrogens with zero attached hydrogens (tertiary/aromatic N) is 4. The molecule has 1 aliphatic heterocycles. The van der Waals surface area contributed by atoms with Crippen molar-refractivity contribution >= 4 is 39.2 Å². The molecule has 4 rings (SSSR count). The Morgan fingerprint density at radius 3 is 2.79 bits per heavy atom. The molecule has 24 heavy (non-hydrogen) atoms. The van der Waals surface area contributed by atoms with Crippen LogP contribution in [0.15, 0.2) is 42.6 Å². The van der Waals surface area contributed by atoms with E-state index in [0.717, 1.165) is 51.2 Å². The molecular formula is C18H18IN5. The van der Waals surface area contributed by atoms with Gasteiger partial charge in [-0.3, -0.25) is 0 Å². The van der Waals surface area contributed by atoms with Crippen LogP contribution in [0, 0.1) is 3.70 Å². The molecule has 0 radical (unpaired) electrons. The number of hydrogen-bond donors (Lipinski definition) is 1. The van der Waals surface area contributed by atoms with E-state index in [1.54, 1.807) is 0 Å². The van der Waals surface area contributed by atoms with Gasteiger partial charge in [-0.2, -0.15) is 0 Å². The molecule has 3 aromatic rings. The molecule has 1 N–H and O–H groups in total. The third-order valence-electron chi connectivity index (χ3n) is 4.45. The fourth-order valence-electron chi connectivity index (χ4n) is 3.22. The Hall–Kier alpha value is -1.80. The number of rotatable bonds is 2. The molecule has 0 bridgehead atoms. The summed E-state index contributed by atoms with van der Waals surface area (Å²) >= 11 is 2.29. The van der Waals surface area contributed by atoms with Gasteiger partial charge in [-0.05, 0) is 35.6 Å². The van der Waals surface area contributed by atoms with E-state index in [1.807, 2.05) is 24.4 Å². The standard InChI is InChI=1S/C18H18IN5/c1-12-11-20-9-10-24(12)18-14-7-8-21-17(19)15(14)16(22-23-18)13-5-3-2-4-6-13/h2-8,12,20H,9-11H2,1H3. The SMILES string of the molecule is CC1CNCCN1c1nnc(-c2ccccc2)c2c(I)nccc12. The lowest BCUT2D eigenvalue weighted by Crippen LogP contribution is -2.50. The molecule has 2 aromatic heterocycles. The normalized spacial score (nSPS) is 18.1. The second-order valence-electron chi connectivity index (χ2n) is 6.01. The third kappa shape index (κ3) is 2.73. The van der Waals surface area contributed by atoms with Gasteiger partial charge >= 0.3 is 0 Å². The Bertz CT molecular complexity index is 868. The number of pyridine rings is 1. The van der Waals surface area contributed by atoms with Crippen molar-refractivity contribution in [2.24, 2.45) is 0 Å². The van der Waals surface area contributed by atoms with Gasteiger partial charge in [0.15, 0.2) is 5.82 Å². The molecule has 122 valence electrons. The number of hydrogen-bond acceptors (Lipinski definition) is 5. The maximum absolute atomic E-state index is 4.62. The first-order valence-corrected chi connectivity index (χ1v) is 9.17. The zero-order valence-electron chi connectivity index (χ0n) is 13.4.